The van der Waals surface area contributed by atoms with E-state index in [0.717, 1.165) is 36.8 Å². The van der Waals surface area contributed by atoms with E-state index in [1.165, 1.54) is 23.7 Å². The summed E-state index contributed by atoms with van der Waals surface area (Å²) < 4.78 is 1.98. The molecule has 6 heteroatoms. The van der Waals surface area contributed by atoms with Gasteiger partial charge in [-0.1, -0.05) is 43.8 Å². The third-order valence-electron chi connectivity index (χ3n) is 4.48. The molecule has 24 heavy (non-hydrogen) atoms. The topological polar surface area (TPSA) is 51.0 Å². The zero-order chi connectivity index (χ0) is 16.9. The fourth-order valence-corrected chi connectivity index (χ4v) is 3.99. The van der Waals surface area contributed by atoms with Crippen molar-refractivity contribution in [1.29, 1.82) is 0 Å². The van der Waals surface area contributed by atoms with E-state index in [1.807, 2.05) is 21.6 Å². The van der Waals surface area contributed by atoms with Gasteiger partial charge < -0.3 is 4.90 Å². The van der Waals surface area contributed by atoms with Gasteiger partial charge in [0.05, 0.1) is 11.4 Å². The number of carbonyl (C=O) groups is 1. The molecule has 0 N–H and O–H groups in total. The molecular formula is C18H24N4OS. The van der Waals surface area contributed by atoms with Crippen molar-refractivity contribution in [1.82, 2.24) is 19.7 Å². The highest BCUT2D eigenvalue weighted by atomic mass is 32.2. The highest BCUT2D eigenvalue weighted by Gasteiger charge is 2.21. The van der Waals surface area contributed by atoms with Crippen LogP contribution in [0.25, 0.3) is 5.69 Å². The number of aryl methyl sites for hydroxylation is 1. The van der Waals surface area contributed by atoms with E-state index in [9.17, 15) is 4.79 Å². The second-order valence-corrected chi connectivity index (χ2v) is 7.28. The maximum Gasteiger partial charge on any atom is 0.233 e. The first-order chi connectivity index (χ1) is 11.7. The predicted molar refractivity (Wildman–Crippen MR) is 96.4 cm³/mol. The van der Waals surface area contributed by atoms with Crippen LogP contribution in [-0.4, -0.2) is 44.4 Å². The number of rotatable bonds is 5. The molecule has 0 bridgehead atoms. The van der Waals surface area contributed by atoms with Crippen molar-refractivity contribution in [3.8, 4) is 5.69 Å². The summed E-state index contributed by atoms with van der Waals surface area (Å²) >= 11 is 1.47. The fraction of sp³-hybridized carbons (Fsp3) is 0.500. The summed E-state index contributed by atoms with van der Waals surface area (Å²) in [6, 6.07) is 8.24. The van der Waals surface area contributed by atoms with Gasteiger partial charge in [0, 0.05) is 13.1 Å². The molecule has 1 unspecified atom stereocenters. The summed E-state index contributed by atoms with van der Waals surface area (Å²) in [4.78, 5) is 14.4. The first-order valence-corrected chi connectivity index (χ1v) is 9.56. The molecule has 1 atom stereocenters. The van der Waals surface area contributed by atoms with E-state index >= 15 is 0 Å². The number of aromatic nitrogens is 3. The van der Waals surface area contributed by atoms with Crippen LogP contribution in [0.2, 0.25) is 0 Å². The molecule has 0 aliphatic carbocycles. The van der Waals surface area contributed by atoms with E-state index in [-0.39, 0.29) is 5.91 Å². The van der Waals surface area contributed by atoms with Gasteiger partial charge in [-0.25, -0.2) is 0 Å². The first kappa shape index (κ1) is 17.0. The Bertz CT molecular complexity index is 700. The number of carbonyl (C=O) groups excluding carboxylic acids is 1. The van der Waals surface area contributed by atoms with Gasteiger partial charge in [-0.15, -0.1) is 10.2 Å². The van der Waals surface area contributed by atoms with Gasteiger partial charge in [-0.05, 0) is 36.8 Å². The van der Waals surface area contributed by atoms with Crippen LogP contribution in [0.4, 0.5) is 0 Å². The van der Waals surface area contributed by atoms with Gasteiger partial charge in [0.15, 0.2) is 5.16 Å². The van der Waals surface area contributed by atoms with E-state index in [4.69, 9.17) is 0 Å². The molecule has 1 amide bonds. The highest BCUT2D eigenvalue weighted by Crippen LogP contribution is 2.23. The quantitative estimate of drug-likeness (QED) is 0.782. The van der Waals surface area contributed by atoms with Gasteiger partial charge in [-0.2, -0.15) is 0 Å². The number of nitrogens with zero attached hydrogens (tertiary/aromatic N) is 4. The van der Waals surface area contributed by atoms with Crippen LogP contribution < -0.4 is 0 Å². The van der Waals surface area contributed by atoms with Gasteiger partial charge in [0.1, 0.15) is 6.33 Å². The zero-order valence-corrected chi connectivity index (χ0v) is 15.1. The SMILES string of the molecule is CCc1ccccc1-n1cnnc1SCC(=O)N1CCCC(C)C1. The molecular weight excluding hydrogens is 320 g/mol. The van der Waals surface area contributed by atoms with Crippen molar-refractivity contribution in [3.63, 3.8) is 0 Å². The van der Waals surface area contributed by atoms with Gasteiger partial charge in [0.25, 0.3) is 0 Å². The number of para-hydroxylation sites is 1. The van der Waals surface area contributed by atoms with E-state index in [1.54, 1.807) is 6.33 Å². The normalized spacial score (nSPS) is 17.9. The first-order valence-electron chi connectivity index (χ1n) is 8.58. The van der Waals surface area contributed by atoms with Crippen molar-refractivity contribution in [3.05, 3.63) is 36.2 Å². The van der Waals surface area contributed by atoms with Gasteiger partial charge in [0.2, 0.25) is 5.91 Å². The Hall–Kier alpha value is -1.82. The highest BCUT2D eigenvalue weighted by molar-refractivity contribution is 7.99. The Labute approximate surface area is 147 Å². The Balaban J connectivity index is 1.69. The summed E-state index contributed by atoms with van der Waals surface area (Å²) in [5, 5.41) is 9.02. The molecule has 0 spiro atoms. The van der Waals surface area contributed by atoms with E-state index in [0.29, 0.717) is 11.7 Å². The molecule has 0 saturated carbocycles. The van der Waals surface area contributed by atoms with Crippen molar-refractivity contribution >= 4 is 17.7 Å². The number of likely N-dealkylation sites (tertiary alicyclic amines) is 1. The van der Waals surface area contributed by atoms with Crippen LogP contribution in [0.15, 0.2) is 35.7 Å². The number of thioether (sulfide) groups is 1. The summed E-state index contributed by atoms with van der Waals surface area (Å²) in [5.41, 5.74) is 2.34. The summed E-state index contributed by atoms with van der Waals surface area (Å²) in [7, 11) is 0. The second-order valence-electron chi connectivity index (χ2n) is 6.34. The monoisotopic (exact) mass is 344 g/mol. The summed E-state index contributed by atoms with van der Waals surface area (Å²) in [6.45, 7) is 6.11. The molecule has 128 valence electrons. The Morgan fingerprint density at radius 3 is 3.00 bits per heavy atom. The lowest BCUT2D eigenvalue weighted by molar-refractivity contribution is -0.130. The molecule has 1 aromatic carbocycles. The molecule has 1 aliphatic rings. The van der Waals surface area contributed by atoms with Gasteiger partial charge in [-0.3, -0.25) is 9.36 Å². The predicted octanol–water partition coefficient (Wildman–Crippen LogP) is 3.18. The van der Waals surface area contributed by atoms with Crippen molar-refractivity contribution in [2.24, 2.45) is 5.92 Å². The number of piperidine rings is 1. The Morgan fingerprint density at radius 2 is 2.21 bits per heavy atom. The molecule has 1 aromatic heterocycles. The molecule has 0 radical (unpaired) electrons. The lowest BCUT2D eigenvalue weighted by Crippen LogP contribution is -2.40. The average Bonchev–Trinajstić information content (AvgIpc) is 3.08. The van der Waals surface area contributed by atoms with Crippen LogP contribution in [0, 0.1) is 5.92 Å². The van der Waals surface area contributed by atoms with Crippen LogP contribution in [0.1, 0.15) is 32.3 Å². The van der Waals surface area contributed by atoms with Gasteiger partial charge >= 0.3 is 0 Å². The van der Waals surface area contributed by atoms with E-state index in [2.05, 4.69) is 36.2 Å². The van der Waals surface area contributed by atoms with Crippen molar-refractivity contribution in [2.45, 2.75) is 38.3 Å². The summed E-state index contributed by atoms with van der Waals surface area (Å²) in [5.74, 6) is 1.22. The Morgan fingerprint density at radius 1 is 1.38 bits per heavy atom. The zero-order valence-electron chi connectivity index (χ0n) is 14.3. The molecule has 2 aromatic rings. The largest absolute Gasteiger partial charge is 0.342 e. The minimum atomic E-state index is 0.199. The molecule has 5 nitrogen and oxygen atoms in total. The minimum Gasteiger partial charge on any atom is -0.342 e. The number of benzene rings is 1. The second kappa shape index (κ2) is 7.83. The lowest BCUT2D eigenvalue weighted by atomic mass is 10.0. The van der Waals surface area contributed by atoms with Crippen molar-refractivity contribution in [2.75, 3.05) is 18.8 Å². The number of hydrogen-bond acceptors (Lipinski definition) is 4. The summed E-state index contributed by atoms with van der Waals surface area (Å²) in [6.07, 6.45) is 5.00. The molecule has 3 rings (SSSR count). The molecule has 1 saturated heterocycles. The van der Waals surface area contributed by atoms with Crippen LogP contribution in [0.5, 0.6) is 0 Å². The third kappa shape index (κ3) is 3.80. The maximum absolute atomic E-state index is 12.5. The fourth-order valence-electron chi connectivity index (χ4n) is 3.17. The molecule has 1 fully saturated rings. The molecule has 1 aliphatic heterocycles. The third-order valence-corrected chi connectivity index (χ3v) is 5.41. The van der Waals surface area contributed by atoms with Crippen molar-refractivity contribution < 1.29 is 4.79 Å². The minimum absolute atomic E-state index is 0.199. The maximum atomic E-state index is 12.5. The Kier molecular flexibility index (Phi) is 5.56. The van der Waals surface area contributed by atoms with Crippen LogP contribution in [0.3, 0.4) is 0 Å². The number of hydrogen-bond donors (Lipinski definition) is 0. The number of amides is 1. The lowest BCUT2D eigenvalue weighted by Gasteiger charge is -2.30. The van der Waals surface area contributed by atoms with Crippen LogP contribution >= 0.6 is 11.8 Å². The molecule has 2 heterocycles. The smallest absolute Gasteiger partial charge is 0.233 e. The average molecular weight is 344 g/mol. The van der Waals surface area contributed by atoms with E-state index < -0.39 is 0 Å². The van der Waals surface area contributed by atoms with Crippen LogP contribution in [-0.2, 0) is 11.2 Å². The standard InChI is InChI=1S/C18H24N4OS/c1-3-15-8-4-5-9-16(15)22-13-19-20-18(22)24-12-17(23)21-10-6-7-14(2)11-21/h4-5,8-9,13-14H,3,6-7,10-12H2,1-2H3.